The third-order valence-corrected chi connectivity index (χ3v) is 5.79. The van der Waals surface area contributed by atoms with E-state index in [1.807, 2.05) is 6.20 Å². The highest BCUT2D eigenvalue weighted by atomic mass is 15.2. The summed E-state index contributed by atoms with van der Waals surface area (Å²) in [6, 6.07) is 11.9. The van der Waals surface area contributed by atoms with Gasteiger partial charge in [-0.3, -0.25) is 0 Å². The molecule has 1 aromatic heterocycles. The van der Waals surface area contributed by atoms with E-state index in [1.54, 1.807) is 0 Å². The Bertz CT molecular complexity index is 654. The SMILES string of the molecule is Cn1ccnc1[C@H](NC1CCN(CCc2ccccc2)CC1)C1CC1. The second-order valence-electron chi connectivity index (χ2n) is 7.73. The van der Waals surface area contributed by atoms with Gasteiger partial charge < -0.3 is 14.8 Å². The molecule has 1 atom stereocenters. The topological polar surface area (TPSA) is 33.1 Å². The maximum atomic E-state index is 4.61. The van der Waals surface area contributed by atoms with Crippen LogP contribution in [-0.4, -0.2) is 40.1 Å². The average molecular weight is 338 g/mol. The summed E-state index contributed by atoms with van der Waals surface area (Å²) >= 11 is 0. The van der Waals surface area contributed by atoms with E-state index in [0.717, 1.165) is 12.3 Å². The molecule has 4 nitrogen and oxygen atoms in total. The first kappa shape index (κ1) is 16.8. The Kier molecular flexibility index (Phi) is 5.18. The number of nitrogens with zero attached hydrogens (tertiary/aromatic N) is 3. The fourth-order valence-electron chi connectivity index (χ4n) is 4.04. The van der Waals surface area contributed by atoms with Crippen LogP contribution in [0, 0.1) is 5.92 Å². The van der Waals surface area contributed by atoms with Gasteiger partial charge in [0.05, 0.1) is 6.04 Å². The van der Waals surface area contributed by atoms with Crippen molar-refractivity contribution < 1.29 is 0 Å². The monoisotopic (exact) mass is 338 g/mol. The van der Waals surface area contributed by atoms with Crippen molar-refractivity contribution in [2.24, 2.45) is 13.0 Å². The van der Waals surface area contributed by atoms with Gasteiger partial charge in [-0.25, -0.2) is 4.98 Å². The fraction of sp³-hybridized carbons (Fsp3) is 0.571. The Balaban J connectivity index is 1.26. The Morgan fingerprint density at radius 3 is 2.52 bits per heavy atom. The molecule has 2 fully saturated rings. The zero-order chi connectivity index (χ0) is 17.1. The van der Waals surface area contributed by atoms with Crippen LogP contribution in [0.5, 0.6) is 0 Å². The first-order valence-corrected chi connectivity index (χ1v) is 9.79. The van der Waals surface area contributed by atoms with Crippen LogP contribution in [0.3, 0.4) is 0 Å². The molecule has 2 aliphatic rings. The van der Waals surface area contributed by atoms with Crippen molar-refractivity contribution in [3.63, 3.8) is 0 Å². The van der Waals surface area contributed by atoms with Gasteiger partial charge in [-0.15, -0.1) is 0 Å². The third-order valence-electron chi connectivity index (χ3n) is 5.79. The molecule has 1 N–H and O–H groups in total. The Hall–Kier alpha value is -1.65. The van der Waals surface area contributed by atoms with E-state index in [0.29, 0.717) is 12.1 Å². The number of hydrogen-bond acceptors (Lipinski definition) is 3. The normalized spacial score (nSPS) is 20.7. The van der Waals surface area contributed by atoms with Gasteiger partial charge in [0.15, 0.2) is 0 Å². The standard InChI is InChI=1S/C21H30N4/c1-24-16-12-22-21(24)20(18-7-8-18)23-19-10-14-25(15-11-19)13-9-17-5-3-2-4-6-17/h2-6,12,16,18-20,23H,7-11,13-15H2,1H3/t20-/m1/s1. The molecular formula is C21H30N4. The number of benzene rings is 1. The summed E-state index contributed by atoms with van der Waals surface area (Å²) in [6.07, 6.45) is 10.4. The van der Waals surface area contributed by atoms with E-state index in [1.165, 1.54) is 56.7 Å². The molecule has 1 aliphatic heterocycles. The number of aromatic nitrogens is 2. The molecule has 1 saturated carbocycles. The van der Waals surface area contributed by atoms with Crippen LogP contribution in [0.15, 0.2) is 42.7 Å². The molecule has 1 aromatic carbocycles. The molecule has 0 radical (unpaired) electrons. The first-order valence-electron chi connectivity index (χ1n) is 9.79. The van der Waals surface area contributed by atoms with Crippen LogP contribution in [0.2, 0.25) is 0 Å². The fourth-order valence-corrected chi connectivity index (χ4v) is 4.04. The summed E-state index contributed by atoms with van der Waals surface area (Å²) in [5, 5.41) is 3.95. The lowest BCUT2D eigenvalue weighted by molar-refractivity contribution is 0.188. The zero-order valence-corrected chi connectivity index (χ0v) is 15.3. The zero-order valence-electron chi connectivity index (χ0n) is 15.3. The summed E-state index contributed by atoms with van der Waals surface area (Å²) in [5.41, 5.74) is 1.45. The van der Waals surface area contributed by atoms with E-state index in [-0.39, 0.29) is 0 Å². The average Bonchev–Trinajstić information content (AvgIpc) is 3.41. The highest BCUT2D eigenvalue weighted by Gasteiger charge is 2.36. The van der Waals surface area contributed by atoms with Crippen molar-refractivity contribution in [2.45, 2.75) is 44.2 Å². The second-order valence-corrected chi connectivity index (χ2v) is 7.73. The van der Waals surface area contributed by atoms with Crippen LogP contribution in [0.4, 0.5) is 0 Å². The van der Waals surface area contributed by atoms with Crippen molar-refractivity contribution in [3.05, 3.63) is 54.1 Å². The summed E-state index contributed by atoms with van der Waals surface area (Å²) < 4.78 is 2.19. The van der Waals surface area contributed by atoms with Crippen molar-refractivity contribution in [2.75, 3.05) is 19.6 Å². The van der Waals surface area contributed by atoms with Gasteiger partial charge in [-0.2, -0.15) is 0 Å². The quantitative estimate of drug-likeness (QED) is 0.842. The number of aryl methyl sites for hydroxylation is 1. The van der Waals surface area contributed by atoms with Crippen LogP contribution in [-0.2, 0) is 13.5 Å². The van der Waals surface area contributed by atoms with Crippen LogP contribution in [0.25, 0.3) is 0 Å². The lowest BCUT2D eigenvalue weighted by atomic mass is 10.0. The smallest absolute Gasteiger partial charge is 0.125 e. The largest absolute Gasteiger partial charge is 0.337 e. The molecular weight excluding hydrogens is 308 g/mol. The predicted molar refractivity (Wildman–Crippen MR) is 101 cm³/mol. The number of piperidine rings is 1. The molecule has 4 heteroatoms. The molecule has 1 aliphatic carbocycles. The van der Waals surface area contributed by atoms with E-state index >= 15 is 0 Å². The minimum atomic E-state index is 0.445. The predicted octanol–water partition coefficient (Wildman–Crippen LogP) is 3.17. The molecule has 25 heavy (non-hydrogen) atoms. The van der Waals surface area contributed by atoms with E-state index in [2.05, 4.69) is 63.3 Å². The van der Waals surface area contributed by atoms with Crippen molar-refractivity contribution in [3.8, 4) is 0 Å². The molecule has 2 aromatic rings. The number of imidazole rings is 1. The van der Waals surface area contributed by atoms with Crippen LogP contribution >= 0.6 is 0 Å². The van der Waals surface area contributed by atoms with Gasteiger partial charge in [0.25, 0.3) is 0 Å². The van der Waals surface area contributed by atoms with Gasteiger partial charge in [-0.05, 0) is 56.7 Å². The summed E-state index contributed by atoms with van der Waals surface area (Å²) in [4.78, 5) is 7.23. The summed E-state index contributed by atoms with van der Waals surface area (Å²) in [7, 11) is 2.12. The molecule has 0 bridgehead atoms. The maximum Gasteiger partial charge on any atom is 0.125 e. The lowest BCUT2D eigenvalue weighted by Gasteiger charge is -2.34. The minimum absolute atomic E-state index is 0.445. The van der Waals surface area contributed by atoms with Gasteiger partial charge in [0, 0.05) is 32.0 Å². The second kappa shape index (κ2) is 7.71. The number of nitrogens with one attached hydrogen (secondary N) is 1. The Morgan fingerprint density at radius 2 is 1.88 bits per heavy atom. The van der Waals surface area contributed by atoms with E-state index in [9.17, 15) is 0 Å². The molecule has 0 spiro atoms. The van der Waals surface area contributed by atoms with Crippen molar-refractivity contribution in [1.29, 1.82) is 0 Å². The summed E-state index contributed by atoms with van der Waals surface area (Å²) in [6.45, 7) is 3.60. The Morgan fingerprint density at radius 1 is 1.12 bits per heavy atom. The third kappa shape index (κ3) is 4.31. The first-order chi connectivity index (χ1) is 12.3. The maximum absolute atomic E-state index is 4.61. The van der Waals surface area contributed by atoms with Gasteiger partial charge in [0.1, 0.15) is 5.82 Å². The molecule has 0 unspecified atom stereocenters. The molecule has 1 saturated heterocycles. The molecule has 4 rings (SSSR count). The highest BCUT2D eigenvalue weighted by molar-refractivity contribution is 5.15. The number of rotatable bonds is 7. The van der Waals surface area contributed by atoms with Gasteiger partial charge >= 0.3 is 0 Å². The van der Waals surface area contributed by atoms with Gasteiger partial charge in [-0.1, -0.05) is 30.3 Å². The highest BCUT2D eigenvalue weighted by Crippen LogP contribution is 2.41. The molecule has 2 heterocycles. The molecule has 134 valence electrons. The minimum Gasteiger partial charge on any atom is -0.337 e. The van der Waals surface area contributed by atoms with Crippen molar-refractivity contribution in [1.82, 2.24) is 19.8 Å². The molecule has 0 amide bonds. The summed E-state index contributed by atoms with van der Waals surface area (Å²) in [5.74, 6) is 2.01. The van der Waals surface area contributed by atoms with Crippen LogP contribution < -0.4 is 5.32 Å². The van der Waals surface area contributed by atoms with Gasteiger partial charge in [0.2, 0.25) is 0 Å². The number of likely N-dealkylation sites (tertiary alicyclic amines) is 1. The van der Waals surface area contributed by atoms with Crippen molar-refractivity contribution >= 4 is 0 Å². The Labute approximate surface area is 151 Å². The van der Waals surface area contributed by atoms with E-state index < -0.39 is 0 Å². The van der Waals surface area contributed by atoms with E-state index in [4.69, 9.17) is 0 Å². The van der Waals surface area contributed by atoms with Crippen LogP contribution in [0.1, 0.15) is 43.1 Å². The lowest BCUT2D eigenvalue weighted by Crippen LogP contribution is -2.45. The number of hydrogen-bond donors (Lipinski definition) is 1.